The molecule has 1 heterocycles. The Morgan fingerprint density at radius 2 is 2.50 bits per heavy atom. The molecule has 0 amide bonds. The third-order valence-electron chi connectivity index (χ3n) is 1.52. The Bertz CT molecular complexity index is 143. The average Bonchev–Trinajstić information content (AvgIpc) is 2.12. The van der Waals surface area contributed by atoms with Crippen LogP contribution < -0.4 is 0 Å². The summed E-state index contributed by atoms with van der Waals surface area (Å²) in [7, 11) is 0. The first-order valence-corrected chi connectivity index (χ1v) is 4.26. The molecule has 0 aliphatic carbocycles. The highest BCUT2D eigenvalue weighted by Crippen LogP contribution is 2.34. The van der Waals surface area contributed by atoms with E-state index in [2.05, 4.69) is 0 Å². The number of carbonyl (C=O) groups is 1. The summed E-state index contributed by atoms with van der Waals surface area (Å²) in [6, 6.07) is 0. The molecule has 1 unspecified atom stereocenters. The van der Waals surface area contributed by atoms with Crippen LogP contribution in [0.2, 0.25) is 0 Å². The lowest BCUT2D eigenvalue weighted by Gasteiger charge is -2.13. The van der Waals surface area contributed by atoms with Crippen LogP contribution in [-0.2, 0) is 4.79 Å². The van der Waals surface area contributed by atoms with Gasteiger partial charge in [0.25, 0.3) is 0 Å². The number of thioether (sulfide) groups is 1. The lowest BCUT2D eigenvalue weighted by atomic mass is 10.0. The van der Waals surface area contributed by atoms with Crippen molar-refractivity contribution in [3.05, 3.63) is 0 Å². The summed E-state index contributed by atoms with van der Waals surface area (Å²) in [4.78, 5) is 10.1. The van der Waals surface area contributed by atoms with Crippen LogP contribution in [0.25, 0.3) is 0 Å². The first-order valence-electron chi connectivity index (χ1n) is 3.11. The van der Waals surface area contributed by atoms with Crippen molar-refractivity contribution >= 4 is 17.7 Å². The molecule has 58 valence electrons. The Hall–Kier alpha value is -0.250. The van der Waals surface area contributed by atoms with Crippen LogP contribution in [0.3, 0.4) is 0 Å². The van der Waals surface area contributed by atoms with Crippen LogP contribution >= 0.6 is 11.8 Å². The van der Waals surface area contributed by atoms with E-state index in [9.17, 15) is 9.18 Å². The lowest BCUT2D eigenvalue weighted by Crippen LogP contribution is -2.25. The highest BCUT2D eigenvalue weighted by molar-refractivity contribution is 7.99. The molecule has 1 fully saturated rings. The number of carboxylic acids is 1. The molecule has 4 heteroatoms. The maximum absolute atomic E-state index is 13.2. The van der Waals surface area contributed by atoms with Crippen molar-refractivity contribution in [3.8, 4) is 0 Å². The SMILES string of the molecule is O=C(O)CC1(F)CCSC1. The van der Waals surface area contributed by atoms with Gasteiger partial charge in [0.15, 0.2) is 0 Å². The highest BCUT2D eigenvalue weighted by Gasteiger charge is 2.36. The molecular weight excluding hydrogens is 155 g/mol. The van der Waals surface area contributed by atoms with Gasteiger partial charge in [-0.05, 0) is 12.2 Å². The van der Waals surface area contributed by atoms with Crippen LogP contribution in [-0.4, -0.2) is 28.3 Å². The van der Waals surface area contributed by atoms with E-state index in [-0.39, 0.29) is 6.42 Å². The summed E-state index contributed by atoms with van der Waals surface area (Å²) >= 11 is 1.48. The topological polar surface area (TPSA) is 37.3 Å². The van der Waals surface area contributed by atoms with Crippen molar-refractivity contribution in [2.75, 3.05) is 11.5 Å². The standard InChI is InChI=1S/C6H9FO2S/c7-6(3-5(8)9)1-2-10-4-6/h1-4H2,(H,8,9). The Labute approximate surface area is 62.8 Å². The summed E-state index contributed by atoms with van der Waals surface area (Å²) in [6.07, 6.45) is 0.0595. The fourth-order valence-corrected chi connectivity index (χ4v) is 2.26. The van der Waals surface area contributed by atoms with Crippen molar-refractivity contribution in [2.45, 2.75) is 18.5 Å². The third-order valence-corrected chi connectivity index (χ3v) is 2.74. The van der Waals surface area contributed by atoms with Gasteiger partial charge in [0.1, 0.15) is 5.67 Å². The number of alkyl halides is 1. The fourth-order valence-electron chi connectivity index (χ4n) is 0.993. The van der Waals surface area contributed by atoms with Crippen LogP contribution in [0.1, 0.15) is 12.8 Å². The zero-order valence-electron chi connectivity index (χ0n) is 5.47. The summed E-state index contributed by atoms with van der Waals surface area (Å²) in [6.45, 7) is 0. The summed E-state index contributed by atoms with van der Waals surface area (Å²) in [5.74, 6) is 0.0632. The van der Waals surface area contributed by atoms with Crippen LogP contribution in [0.4, 0.5) is 4.39 Å². The number of rotatable bonds is 2. The van der Waals surface area contributed by atoms with E-state index in [1.165, 1.54) is 11.8 Å². The minimum absolute atomic E-state index is 0.333. The van der Waals surface area contributed by atoms with Gasteiger partial charge in [-0.1, -0.05) is 0 Å². The Balaban J connectivity index is 2.43. The van der Waals surface area contributed by atoms with Crippen molar-refractivity contribution in [1.82, 2.24) is 0 Å². The summed E-state index contributed by atoms with van der Waals surface area (Å²) in [5, 5.41) is 8.29. The van der Waals surface area contributed by atoms with Gasteiger partial charge in [-0.15, -0.1) is 0 Å². The molecule has 10 heavy (non-hydrogen) atoms. The van der Waals surface area contributed by atoms with Crippen molar-refractivity contribution in [3.63, 3.8) is 0 Å². The minimum Gasteiger partial charge on any atom is -0.481 e. The molecule has 0 aromatic heterocycles. The zero-order chi connectivity index (χ0) is 7.61. The molecule has 0 aromatic rings. The second kappa shape index (κ2) is 2.78. The first-order chi connectivity index (χ1) is 4.62. The monoisotopic (exact) mass is 164 g/mol. The van der Waals surface area contributed by atoms with Gasteiger partial charge in [-0.2, -0.15) is 11.8 Å². The molecule has 1 aliphatic heterocycles. The largest absolute Gasteiger partial charge is 0.481 e. The Morgan fingerprint density at radius 3 is 2.90 bits per heavy atom. The molecule has 0 saturated carbocycles. The maximum atomic E-state index is 13.2. The Kier molecular flexibility index (Phi) is 2.18. The van der Waals surface area contributed by atoms with E-state index in [1.807, 2.05) is 0 Å². The summed E-state index contributed by atoms with van der Waals surface area (Å²) < 4.78 is 13.2. The predicted molar refractivity (Wildman–Crippen MR) is 38.0 cm³/mol. The molecule has 0 spiro atoms. The van der Waals surface area contributed by atoms with Crippen LogP contribution in [0.15, 0.2) is 0 Å². The van der Waals surface area contributed by atoms with E-state index in [1.54, 1.807) is 0 Å². The van der Waals surface area contributed by atoms with Crippen LogP contribution in [0.5, 0.6) is 0 Å². The second-order valence-corrected chi connectivity index (χ2v) is 3.63. The average molecular weight is 164 g/mol. The number of hydrogen-bond acceptors (Lipinski definition) is 2. The van der Waals surface area contributed by atoms with E-state index in [0.29, 0.717) is 12.2 Å². The highest BCUT2D eigenvalue weighted by atomic mass is 32.2. The van der Waals surface area contributed by atoms with Gasteiger partial charge in [0, 0.05) is 5.75 Å². The molecule has 1 aliphatic rings. The van der Waals surface area contributed by atoms with Gasteiger partial charge < -0.3 is 5.11 Å². The summed E-state index contributed by atoms with van der Waals surface area (Å²) in [5.41, 5.74) is -1.42. The molecule has 1 atom stereocenters. The number of halogens is 1. The third kappa shape index (κ3) is 1.87. The van der Waals surface area contributed by atoms with Gasteiger partial charge in [-0.3, -0.25) is 4.79 Å². The van der Waals surface area contributed by atoms with Gasteiger partial charge >= 0.3 is 5.97 Å². The van der Waals surface area contributed by atoms with E-state index >= 15 is 0 Å². The van der Waals surface area contributed by atoms with E-state index in [4.69, 9.17) is 5.11 Å². The molecule has 0 bridgehead atoms. The van der Waals surface area contributed by atoms with Crippen molar-refractivity contribution in [1.29, 1.82) is 0 Å². The first kappa shape index (κ1) is 7.85. The van der Waals surface area contributed by atoms with Crippen LogP contribution in [0, 0.1) is 0 Å². The number of carboxylic acid groups (broad SMARTS) is 1. The lowest BCUT2D eigenvalue weighted by molar-refractivity contribution is -0.139. The smallest absolute Gasteiger partial charge is 0.306 e. The normalized spacial score (nSPS) is 32.5. The molecule has 0 radical (unpaired) electrons. The molecular formula is C6H9FO2S. The number of aliphatic carboxylic acids is 1. The van der Waals surface area contributed by atoms with Crippen molar-refractivity contribution in [2.24, 2.45) is 0 Å². The van der Waals surface area contributed by atoms with E-state index < -0.39 is 11.6 Å². The fraction of sp³-hybridized carbons (Fsp3) is 0.833. The molecule has 1 N–H and O–H groups in total. The molecule has 0 aromatic carbocycles. The number of hydrogen-bond donors (Lipinski definition) is 1. The maximum Gasteiger partial charge on any atom is 0.306 e. The molecule has 1 saturated heterocycles. The van der Waals surface area contributed by atoms with Gasteiger partial charge in [0.05, 0.1) is 6.42 Å². The van der Waals surface area contributed by atoms with Crippen molar-refractivity contribution < 1.29 is 14.3 Å². The van der Waals surface area contributed by atoms with Gasteiger partial charge in [0.2, 0.25) is 0 Å². The Morgan fingerprint density at radius 1 is 1.80 bits per heavy atom. The molecule has 1 rings (SSSR count). The predicted octanol–water partition coefficient (Wildman–Crippen LogP) is 1.31. The quantitative estimate of drug-likeness (QED) is 0.668. The minimum atomic E-state index is -1.42. The zero-order valence-corrected chi connectivity index (χ0v) is 6.29. The molecule has 2 nitrogen and oxygen atoms in total. The second-order valence-electron chi connectivity index (χ2n) is 2.52. The van der Waals surface area contributed by atoms with Gasteiger partial charge in [-0.25, -0.2) is 4.39 Å². The van der Waals surface area contributed by atoms with E-state index in [0.717, 1.165) is 5.75 Å².